The van der Waals surface area contributed by atoms with Crippen molar-refractivity contribution in [1.82, 2.24) is 4.90 Å². The summed E-state index contributed by atoms with van der Waals surface area (Å²) in [6.07, 6.45) is 0. The molecule has 1 N–H and O–H groups in total. The van der Waals surface area contributed by atoms with E-state index in [2.05, 4.69) is 11.4 Å². The number of rotatable bonds is 7. The molecule has 27 heavy (non-hydrogen) atoms. The van der Waals surface area contributed by atoms with Gasteiger partial charge in [0.25, 0.3) is 0 Å². The van der Waals surface area contributed by atoms with Crippen LogP contribution in [0.4, 0.5) is 11.4 Å². The van der Waals surface area contributed by atoms with Gasteiger partial charge in [-0.2, -0.15) is 0 Å². The van der Waals surface area contributed by atoms with Crippen molar-refractivity contribution in [2.75, 3.05) is 44.5 Å². The van der Waals surface area contributed by atoms with Gasteiger partial charge in [0.2, 0.25) is 11.8 Å². The standard InChI is InChI=1S/C21H27N3O3/c1-15-9-10-19(16(2)11-15)23(3)14-21(26)24(4)13-20(25)22-17-7-6-8-18(12-17)27-5/h6-12H,13-14H2,1-5H3,(H,22,25). The van der Waals surface area contributed by atoms with E-state index < -0.39 is 0 Å². The lowest BCUT2D eigenvalue weighted by Crippen LogP contribution is -2.40. The second kappa shape index (κ2) is 9.07. The molecule has 0 aliphatic rings. The molecule has 0 spiro atoms. The molecule has 2 rings (SSSR count). The minimum atomic E-state index is -0.256. The largest absolute Gasteiger partial charge is 0.497 e. The second-order valence-corrected chi connectivity index (χ2v) is 6.68. The average Bonchev–Trinajstić information content (AvgIpc) is 2.61. The summed E-state index contributed by atoms with van der Waals surface area (Å²) in [4.78, 5) is 28.0. The molecule has 0 atom stereocenters. The van der Waals surface area contributed by atoms with Crippen LogP contribution in [0.3, 0.4) is 0 Å². The summed E-state index contributed by atoms with van der Waals surface area (Å²) >= 11 is 0. The molecule has 6 heteroatoms. The van der Waals surface area contributed by atoms with E-state index in [0.717, 1.165) is 11.3 Å². The first kappa shape index (κ1) is 20.3. The number of anilines is 2. The Morgan fingerprint density at radius 1 is 1.04 bits per heavy atom. The predicted molar refractivity (Wildman–Crippen MR) is 108 cm³/mol. The number of methoxy groups -OCH3 is 1. The maximum Gasteiger partial charge on any atom is 0.243 e. The summed E-state index contributed by atoms with van der Waals surface area (Å²) in [7, 11) is 5.07. The van der Waals surface area contributed by atoms with Gasteiger partial charge in [-0.05, 0) is 37.6 Å². The molecule has 0 unspecified atom stereocenters. The van der Waals surface area contributed by atoms with Crippen molar-refractivity contribution in [1.29, 1.82) is 0 Å². The highest BCUT2D eigenvalue weighted by Gasteiger charge is 2.16. The van der Waals surface area contributed by atoms with Crippen molar-refractivity contribution in [2.45, 2.75) is 13.8 Å². The molecule has 0 heterocycles. The summed E-state index contributed by atoms with van der Waals surface area (Å²) in [5, 5.41) is 2.78. The highest BCUT2D eigenvalue weighted by Crippen LogP contribution is 2.20. The number of carbonyl (C=O) groups excluding carboxylic acids is 2. The molecule has 0 fully saturated rings. The van der Waals surface area contributed by atoms with Crippen LogP contribution >= 0.6 is 0 Å². The molecule has 2 aromatic carbocycles. The Hall–Kier alpha value is -3.02. The molecule has 2 aromatic rings. The maximum absolute atomic E-state index is 12.5. The number of nitrogens with zero attached hydrogens (tertiary/aromatic N) is 2. The zero-order valence-corrected chi connectivity index (χ0v) is 16.6. The number of ether oxygens (including phenoxy) is 1. The third-order valence-electron chi connectivity index (χ3n) is 4.30. The molecule has 0 bridgehead atoms. The van der Waals surface area contributed by atoms with Gasteiger partial charge in [0, 0.05) is 31.5 Å². The molecule has 2 amide bonds. The lowest BCUT2D eigenvalue weighted by atomic mass is 10.1. The number of hydrogen-bond acceptors (Lipinski definition) is 4. The van der Waals surface area contributed by atoms with Crippen molar-refractivity contribution in [3.05, 3.63) is 53.6 Å². The van der Waals surface area contributed by atoms with Crippen LogP contribution in [0.25, 0.3) is 0 Å². The molecule has 0 aliphatic carbocycles. The maximum atomic E-state index is 12.5. The molecule has 0 saturated heterocycles. The van der Waals surface area contributed by atoms with Crippen molar-refractivity contribution >= 4 is 23.2 Å². The van der Waals surface area contributed by atoms with Crippen LogP contribution in [0.5, 0.6) is 5.75 Å². The van der Waals surface area contributed by atoms with E-state index in [-0.39, 0.29) is 24.9 Å². The van der Waals surface area contributed by atoms with Crippen LogP contribution in [0.15, 0.2) is 42.5 Å². The van der Waals surface area contributed by atoms with Crippen LogP contribution in [0.2, 0.25) is 0 Å². The van der Waals surface area contributed by atoms with Crippen molar-refractivity contribution in [2.24, 2.45) is 0 Å². The van der Waals surface area contributed by atoms with Crippen LogP contribution < -0.4 is 15.0 Å². The van der Waals surface area contributed by atoms with Crippen molar-refractivity contribution < 1.29 is 14.3 Å². The summed E-state index contributed by atoms with van der Waals surface area (Å²) in [5.74, 6) is 0.277. The van der Waals surface area contributed by atoms with E-state index >= 15 is 0 Å². The Labute approximate surface area is 160 Å². The van der Waals surface area contributed by atoms with Gasteiger partial charge in [0.1, 0.15) is 5.75 Å². The number of hydrogen-bond donors (Lipinski definition) is 1. The van der Waals surface area contributed by atoms with Gasteiger partial charge in [-0.15, -0.1) is 0 Å². The number of likely N-dealkylation sites (N-methyl/N-ethyl adjacent to an activating group) is 2. The summed E-state index contributed by atoms with van der Waals surface area (Å²) in [5.41, 5.74) is 3.93. The highest BCUT2D eigenvalue weighted by atomic mass is 16.5. The van der Waals surface area contributed by atoms with Gasteiger partial charge in [-0.25, -0.2) is 0 Å². The number of carbonyl (C=O) groups is 2. The van der Waals surface area contributed by atoms with Crippen LogP contribution in [0, 0.1) is 13.8 Å². The van der Waals surface area contributed by atoms with Gasteiger partial charge in [0.15, 0.2) is 0 Å². The number of aryl methyl sites for hydroxylation is 2. The first-order chi connectivity index (χ1) is 12.8. The SMILES string of the molecule is COc1cccc(NC(=O)CN(C)C(=O)CN(C)c2ccc(C)cc2C)c1. The monoisotopic (exact) mass is 369 g/mol. The van der Waals surface area contributed by atoms with E-state index in [9.17, 15) is 9.59 Å². The Bertz CT molecular complexity index is 820. The fourth-order valence-electron chi connectivity index (χ4n) is 2.85. The smallest absolute Gasteiger partial charge is 0.243 e. The van der Waals surface area contributed by atoms with Gasteiger partial charge in [-0.3, -0.25) is 9.59 Å². The fourth-order valence-corrected chi connectivity index (χ4v) is 2.85. The van der Waals surface area contributed by atoms with Gasteiger partial charge in [-0.1, -0.05) is 23.8 Å². The van der Waals surface area contributed by atoms with Crippen molar-refractivity contribution in [3.63, 3.8) is 0 Å². The van der Waals surface area contributed by atoms with Gasteiger partial charge < -0.3 is 19.9 Å². The predicted octanol–water partition coefficient (Wildman–Crippen LogP) is 2.85. The van der Waals surface area contributed by atoms with Crippen LogP contribution in [-0.4, -0.2) is 51.0 Å². The van der Waals surface area contributed by atoms with Crippen molar-refractivity contribution in [3.8, 4) is 5.75 Å². The van der Waals surface area contributed by atoms with E-state index in [4.69, 9.17) is 4.74 Å². The molecular formula is C21H27N3O3. The Morgan fingerprint density at radius 3 is 2.44 bits per heavy atom. The fraction of sp³-hybridized carbons (Fsp3) is 0.333. The zero-order chi connectivity index (χ0) is 20.0. The first-order valence-corrected chi connectivity index (χ1v) is 8.76. The van der Waals surface area contributed by atoms with Gasteiger partial charge >= 0.3 is 0 Å². The van der Waals surface area contributed by atoms with Crippen LogP contribution in [-0.2, 0) is 9.59 Å². The highest BCUT2D eigenvalue weighted by molar-refractivity contribution is 5.95. The molecule has 0 radical (unpaired) electrons. The van der Waals surface area contributed by atoms with Gasteiger partial charge in [0.05, 0.1) is 20.2 Å². The molecule has 0 aromatic heterocycles. The first-order valence-electron chi connectivity index (χ1n) is 8.76. The normalized spacial score (nSPS) is 10.3. The van der Waals surface area contributed by atoms with E-state index in [0.29, 0.717) is 11.4 Å². The lowest BCUT2D eigenvalue weighted by molar-refractivity contribution is -0.132. The molecule has 0 aliphatic heterocycles. The average molecular weight is 369 g/mol. The van der Waals surface area contributed by atoms with E-state index in [1.54, 1.807) is 38.4 Å². The number of nitrogens with one attached hydrogen (secondary N) is 1. The Kier molecular flexibility index (Phi) is 6.82. The summed E-state index contributed by atoms with van der Waals surface area (Å²) in [6.45, 7) is 4.24. The molecule has 6 nitrogen and oxygen atoms in total. The topological polar surface area (TPSA) is 61.9 Å². The number of amides is 2. The molecule has 0 saturated carbocycles. The molecule has 144 valence electrons. The van der Waals surface area contributed by atoms with E-state index in [1.807, 2.05) is 37.9 Å². The quantitative estimate of drug-likeness (QED) is 0.815. The number of benzene rings is 2. The second-order valence-electron chi connectivity index (χ2n) is 6.68. The summed E-state index contributed by atoms with van der Waals surface area (Å²) < 4.78 is 5.14. The molecular weight excluding hydrogens is 342 g/mol. The van der Waals surface area contributed by atoms with E-state index in [1.165, 1.54) is 10.5 Å². The minimum Gasteiger partial charge on any atom is -0.497 e. The Balaban J connectivity index is 1.91. The van der Waals surface area contributed by atoms with Crippen LogP contribution in [0.1, 0.15) is 11.1 Å². The zero-order valence-electron chi connectivity index (χ0n) is 16.6. The summed E-state index contributed by atoms with van der Waals surface area (Å²) in [6, 6.07) is 13.2. The lowest BCUT2D eigenvalue weighted by Gasteiger charge is -2.24. The third-order valence-corrected chi connectivity index (χ3v) is 4.30. The Morgan fingerprint density at radius 2 is 1.78 bits per heavy atom. The minimum absolute atomic E-state index is 0.0171. The third kappa shape index (κ3) is 5.74.